The van der Waals surface area contributed by atoms with Crippen LogP contribution in [-0.4, -0.2) is 26.9 Å². The predicted octanol–water partition coefficient (Wildman–Crippen LogP) is 6.20. The van der Waals surface area contributed by atoms with Gasteiger partial charge in [-0.1, -0.05) is 42.5 Å². The lowest BCUT2D eigenvalue weighted by molar-refractivity contribution is 0.0594. The number of allylic oxidation sites excluding steroid dienone is 1. The molecule has 2 heterocycles. The molecule has 0 fully saturated rings. The molecule has 5 rings (SSSR count). The summed E-state index contributed by atoms with van der Waals surface area (Å²) in [6.07, 6.45) is 5.96. The Morgan fingerprint density at radius 2 is 1.76 bits per heavy atom. The van der Waals surface area contributed by atoms with E-state index in [2.05, 4.69) is 35.5 Å². The molecule has 0 saturated heterocycles. The van der Waals surface area contributed by atoms with E-state index in [1.807, 2.05) is 43.5 Å². The minimum absolute atomic E-state index is 0.136. The van der Waals surface area contributed by atoms with Gasteiger partial charge in [0.05, 0.1) is 11.4 Å². The zero-order chi connectivity index (χ0) is 29.4. The molecule has 2 aliphatic rings. The molecule has 0 atom stereocenters. The lowest BCUT2D eigenvalue weighted by Crippen LogP contribution is -2.24. The topological polar surface area (TPSA) is 108 Å². The van der Waals surface area contributed by atoms with Crippen molar-refractivity contribution in [3.8, 4) is 5.75 Å². The van der Waals surface area contributed by atoms with Crippen molar-refractivity contribution in [1.29, 1.82) is 0 Å². The summed E-state index contributed by atoms with van der Waals surface area (Å²) >= 11 is 0. The molecule has 2 aliphatic heterocycles. The zero-order valence-corrected chi connectivity index (χ0v) is 23.7. The van der Waals surface area contributed by atoms with Gasteiger partial charge in [0, 0.05) is 42.2 Å². The molecule has 214 valence electrons. The molecular weight excluding hydrogens is 547 g/mol. The van der Waals surface area contributed by atoms with E-state index in [0.29, 0.717) is 5.75 Å². The van der Waals surface area contributed by atoms with E-state index < -0.39 is 19.7 Å². The van der Waals surface area contributed by atoms with Crippen molar-refractivity contribution in [2.75, 3.05) is 11.9 Å². The number of nitrogens with zero attached hydrogens (tertiary/aromatic N) is 1. The molecule has 3 aromatic carbocycles. The Balaban J connectivity index is 1.16. The number of alkyl halides is 2. The molecule has 3 aromatic rings. The Kier molecular flexibility index (Phi) is 7.79. The molecule has 7 nitrogen and oxygen atoms in total. The second-order valence-corrected chi connectivity index (χ2v) is 12.2. The van der Waals surface area contributed by atoms with Crippen molar-refractivity contribution in [2.24, 2.45) is 5.73 Å². The summed E-state index contributed by atoms with van der Waals surface area (Å²) in [7, 11) is -5.52. The van der Waals surface area contributed by atoms with Gasteiger partial charge in [-0.3, -0.25) is 4.57 Å². The smallest absolute Gasteiger partial charge is 0.394 e. The molecule has 0 aliphatic carbocycles. The Labute approximate surface area is 237 Å². The number of benzene rings is 3. The first-order valence-electron chi connectivity index (χ1n) is 13.2. The molecule has 10 heteroatoms. The Hall–Kier alpha value is -3.91. The van der Waals surface area contributed by atoms with E-state index in [1.165, 1.54) is 23.3 Å². The number of halogens is 2. The molecule has 5 N–H and O–H groups in total. The van der Waals surface area contributed by atoms with Crippen LogP contribution in [0.5, 0.6) is 5.75 Å². The van der Waals surface area contributed by atoms with Gasteiger partial charge in [-0.15, -0.1) is 0 Å². The fraction of sp³-hybridized carbons (Fsp3) is 0.226. The van der Waals surface area contributed by atoms with Gasteiger partial charge in [-0.25, -0.2) is 0 Å². The first-order chi connectivity index (χ1) is 19.4. The summed E-state index contributed by atoms with van der Waals surface area (Å²) in [4.78, 5) is 19.8. The van der Waals surface area contributed by atoms with Crippen LogP contribution in [0.3, 0.4) is 0 Å². The Morgan fingerprint density at radius 1 is 1.02 bits per heavy atom. The normalized spacial score (nSPS) is 14.8. The summed E-state index contributed by atoms with van der Waals surface area (Å²) in [6, 6.07) is 18.2. The minimum atomic E-state index is -5.52. The number of ether oxygens (including phenoxy) is 1. The van der Waals surface area contributed by atoms with Crippen molar-refractivity contribution < 1.29 is 27.9 Å². The predicted molar refractivity (Wildman–Crippen MR) is 156 cm³/mol. The van der Waals surface area contributed by atoms with E-state index in [9.17, 15) is 13.3 Å². The number of rotatable bonds is 9. The van der Waals surface area contributed by atoms with Crippen LogP contribution in [0.25, 0.3) is 5.70 Å². The second kappa shape index (κ2) is 11.2. The van der Waals surface area contributed by atoms with Crippen LogP contribution in [0.4, 0.5) is 14.5 Å². The van der Waals surface area contributed by atoms with Gasteiger partial charge in [-0.05, 0) is 72.4 Å². The Bertz CT molecular complexity index is 1610. The number of nitrogens with one attached hydrogen (secondary N) is 1. The van der Waals surface area contributed by atoms with Crippen LogP contribution < -0.4 is 15.8 Å². The van der Waals surface area contributed by atoms with Gasteiger partial charge >= 0.3 is 13.3 Å². The molecule has 0 radical (unpaired) electrons. The van der Waals surface area contributed by atoms with Crippen molar-refractivity contribution in [1.82, 2.24) is 4.90 Å². The molecular formula is C31H32F2N3O4P. The quantitative estimate of drug-likeness (QED) is 0.224. The van der Waals surface area contributed by atoms with Crippen LogP contribution in [0.1, 0.15) is 33.4 Å². The molecule has 0 saturated carbocycles. The van der Waals surface area contributed by atoms with Gasteiger partial charge in [0.15, 0.2) is 0 Å². The Morgan fingerprint density at radius 3 is 2.46 bits per heavy atom. The van der Waals surface area contributed by atoms with Gasteiger partial charge in [0.1, 0.15) is 12.4 Å². The highest BCUT2D eigenvalue weighted by Gasteiger charge is 2.48. The van der Waals surface area contributed by atoms with E-state index >= 15 is 0 Å². The van der Waals surface area contributed by atoms with Crippen molar-refractivity contribution in [3.05, 3.63) is 124 Å². The number of hydrogen-bond donors (Lipinski definition) is 4. The van der Waals surface area contributed by atoms with Gasteiger partial charge in [-0.2, -0.15) is 8.78 Å². The summed E-state index contributed by atoms with van der Waals surface area (Å²) in [5.41, 5.74) is 11.5. The first kappa shape index (κ1) is 28.6. The first-order valence-corrected chi connectivity index (χ1v) is 14.8. The van der Waals surface area contributed by atoms with E-state index in [4.69, 9.17) is 20.3 Å². The number of anilines is 1. The van der Waals surface area contributed by atoms with Gasteiger partial charge in [0.2, 0.25) is 0 Å². The monoisotopic (exact) mass is 579 g/mol. The van der Waals surface area contributed by atoms with E-state index in [-0.39, 0.29) is 12.2 Å². The number of aryl methyl sites for hydroxylation is 2. The third kappa shape index (κ3) is 6.38. The lowest BCUT2D eigenvalue weighted by Gasteiger charge is -2.29. The molecule has 0 aromatic heterocycles. The highest BCUT2D eigenvalue weighted by atomic mass is 31.2. The van der Waals surface area contributed by atoms with Crippen LogP contribution in [0.2, 0.25) is 0 Å². The second-order valence-electron chi connectivity index (χ2n) is 10.4. The molecule has 0 bridgehead atoms. The number of hydrogen-bond acceptors (Lipinski definition) is 5. The summed E-state index contributed by atoms with van der Waals surface area (Å²) in [6.45, 7) is 5.10. The minimum Gasteiger partial charge on any atom is -0.489 e. The average molecular weight is 580 g/mol. The van der Waals surface area contributed by atoms with Gasteiger partial charge < -0.3 is 30.5 Å². The van der Waals surface area contributed by atoms with Crippen LogP contribution in [-0.2, 0) is 24.0 Å². The van der Waals surface area contributed by atoms with Crippen molar-refractivity contribution in [2.45, 2.75) is 39.0 Å². The summed E-state index contributed by atoms with van der Waals surface area (Å²) in [5.74, 6) is 0.689. The summed E-state index contributed by atoms with van der Waals surface area (Å²) < 4.78 is 44.2. The summed E-state index contributed by atoms with van der Waals surface area (Å²) in [5, 5.41) is 3.51. The molecule has 41 heavy (non-hydrogen) atoms. The average Bonchev–Trinajstić information content (AvgIpc) is 2.91. The third-order valence-electron chi connectivity index (χ3n) is 7.27. The molecule has 0 amide bonds. The van der Waals surface area contributed by atoms with E-state index in [1.54, 1.807) is 12.1 Å². The fourth-order valence-corrected chi connectivity index (χ4v) is 5.24. The molecule has 0 spiro atoms. The van der Waals surface area contributed by atoms with Gasteiger partial charge in [0.25, 0.3) is 0 Å². The maximum absolute atomic E-state index is 13.7. The third-order valence-corrected chi connectivity index (χ3v) is 8.28. The maximum atomic E-state index is 13.7. The lowest BCUT2D eigenvalue weighted by atomic mass is 9.96. The SMILES string of the molecule is Cc1ccc2c(c1)NC1=CN(CCc3ccc(OCc4ccc(CC(F)(F)P(=O)(O)O)cc4)cc3C)C=CC1=C2N. The van der Waals surface area contributed by atoms with Crippen molar-refractivity contribution >= 4 is 19.0 Å². The number of fused-ring (bicyclic) bond motifs is 2. The zero-order valence-electron chi connectivity index (χ0n) is 22.8. The van der Waals surface area contributed by atoms with E-state index in [0.717, 1.165) is 52.3 Å². The molecule has 0 unspecified atom stereocenters. The highest BCUT2D eigenvalue weighted by Crippen LogP contribution is 2.54. The fourth-order valence-electron chi connectivity index (χ4n) is 4.86. The van der Waals surface area contributed by atoms with Crippen LogP contribution >= 0.6 is 7.60 Å². The largest absolute Gasteiger partial charge is 0.489 e. The van der Waals surface area contributed by atoms with Crippen LogP contribution in [0.15, 0.2) is 90.4 Å². The van der Waals surface area contributed by atoms with Crippen molar-refractivity contribution in [3.63, 3.8) is 0 Å². The standard InChI is InChI=1S/C31H32F2N3O4P/c1-20-3-10-26-28(15-20)35-29-18-36(14-12-27(29)30(26)34)13-11-24-8-9-25(16-21(24)2)40-19-23-6-4-22(5-7-23)17-31(32,33)41(37,38)39/h3-10,12,14-16,18,35H,11,13,17,19,34H2,1-2H3,(H2,37,38,39). The van der Waals surface area contributed by atoms with Crippen LogP contribution in [0, 0.1) is 13.8 Å². The highest BCUT2D eigenvalue weighted by molar-refractivity contribution is 7.53. The maximum Gasteiger partial charge on any atom is 0.394 e. The number of nitrogens with two attached hydrogens (primary N) is 1.